The molecule has 0 saturated carbocycles. The molecule has 2 aromatic heterocycles. The Balaban J connectivity index is 2.31. The van der Waals surface area contributed by atoms with Crippen LogP contribution in [-0.2, 0) is 0 Å². The predicted octanol–water partition coefficient (Wildman–Crippen LogP) is 1.99. The van der Waals surface area contributed by atoms with Gasteiger partial charge in [0, 0.05) is 6.54 Å². The molecule has 78 valence electrons. The van der Waals surface area contributed by atoms with Crippen LogP contribution in [0.4, 0.5) is 5.82 Å². The lowest BCUT2D eigenvalue weighted by atomic mass is 10.3. The second kappa shape index (κ2) is 4.27. The van der Waals surface area contributed by atoms with E-state index in [2.05, 4.69) is 32.1 Å². The van der Waals surface area contributed by atoms with Gasteiger partial charge in [0.25, 0.3) is 0 Å². The first-order valence-electron chi connectivity index (χ1n) is 4.52. The summed E-state index contributed by atoms with van der Waals surface area (Å²) in [6.07, 6.45) is 4.37. The largest absolute Gasteiger partial charge is 0.369 e. The van der Waals surface area contributed by atoms with Crippen LogP contribution in [0.3, 0.4) is 0 Å². The van der Waals surface area contributed by atoms with Crippen molar-refractivity contribution in [1.82, 2.24) is 20.2 Å². The lowest BCUT2D eigenvalue weighted by Crippen LogP contribution is -2.03. The van der Waals surface area contributed by atoms with E-state index in [1.165, 1.54) is 0 Å². The SMILES string of the molecule is C=CCCNc1nc(Cl)nc2[nH]ncc12. The van der Waals surface area contributed by atoms with Crippen LogP contribution >= 0.6 is 11.6 Å². The molecule has 0 aliphatic carbocycles. The number of rotatable bonds is 4. The highest BCUT2D eigenvalue weighted by Crippen LogP contribution is 2.19. The standard InChI is InChI=1S/C9H10ClN5/c1-2-3-4-11-7-6-5-12-15-8(6)14-9(10)13-7/h2,5H,1,3-4H2,(H2,11,12,13,14,15). The van der Waals surface area contributed by atoms with Crippen LogP contribution in [0, 0.1) is 0 Å². The number of hydrogen-bond acceptors (Lipinski definition) is 4. The number of nitrogens with zero attached hydrogens (tertiary/aromatic N) is 3. The van der Waals surface area contributed by atoms with Crippen LogP contribution in [0.5, 0.6) is 0 Å². The van der Waals surface area contributed by atoms with Gasteiger partial charge in [-0.3, -0.25) is 5.10 Å². The molecule has 0 atom stereocenters. The minimum Gasteiger partial charge on any atom is -0.369 e. The summed E-state index contributed by atoms with van der Waals surface area (Å²) in [7, 11) is 0. The molecule has 2 rings (SSSR count). The Hall–Kier alpha value is -1.62. The molecule has 0 amide bonds. The van der Waals surface area contributed by atoms with Crippen LogP contribution in [0.25, 0.3) is 11.0 Å². The molecule has 0 radical (unpaired) electrons. The molecule has 5 nitrogen and oxygen atoms in total. The average Bonchev–Trinajstić information content (AvgIpc) is 2.65. The third-order valence-corrected chi connectivity index (χ3v) is 2.09. The van der Waals surface area contributed by atoms with Crippen molar-refractivity contribution in [2.75, 3.05) is 11.9 Å². The maximum absolute atomic E-state index is 5.76. The Morgan fingerprint density at radius 1 is 1.53 bits per heavy atom. The summed E-state index contributed by atoms with van der Waals surface area (Å²) in [6, 6.07) is 0. The van der Waals surface area contributed by atoms with E-state index in [9.17, 15) is 0 Å². The van der Waals surface area contributed by atoms with E-state index in [4.69, 9.17) is 11.6 Å². The Kier molecular flexibility index (Phi) is 2.82. The fourth-order valence-electron chi connectivity index (χ4n) is 1.23. The molecule has 2 heterocycles. The second-order valence-corrected chi connectivity index (χ2v) is 3.32. The Morgan fingerprint density at radius 3 is 3.20 bits per heavy atom. The quantitative estimate of drug-likeness (QED) is 0.473. The average molecular weight is 224 g/mol. The molecule has 0 bridgehead atoms. The first kappa shape index (κ1) is 9.92. The molecule has 6 heteroatoms. The summed E-state index contributed by atoms with van der Waals surface area (Å²) in [5, 5.41) is 10.8. The first-order valence-corrected chi connectivity index (χ1v) is 4.90. The van der Waals surface area contributed by atoms with Crippen LogP contribution in [0.2, 0.25) is 5.28 Å². The van der Waals surface area contributed by atoms with Crippen molar-refractivity contribution in [3.05, 3.63) is 24.1 Å². The number of aromatic amines is 1. The van der Waals surface area contributed by atoms with Gasteiger partial charge in [0.1, 0.15) is 5.82 Å². The zero-order valence-corrected chi connectivity index (χ0v) is 8.75. The molecule has 0 aromatic carbocycles. The van der Waals surface area contributed by atoms with E-state index < -0.39 is 0 Å². The van der Waals surface area contributed by atoms with E-state index in [1.807, 2.05) is 6.08 Å². The summed E-state index contributed by atoms with van der Waals surface area (Å²) in [5.74, 6) is 0.695. The van der Waals surface area contributed by atoms with Gasteiger partial charge in [0.05, 0.1) is 11.6 Å². The summed E-state index contributed by atoms with van der Waals surface area (Å²) < 4.78 is 0. The van der Waals surface area contributed by atoms with Gasteiger partial charge < -0.3 is 5.32 Å². The lowest BCUT2D eigenvalue weighted by molar-refractivity contribution is 1.05. The number of halogens is 1. The minimum absolute atomic E-state index is 0.202. The molecule has 0 fully saturated rings. The van der Waals surface area contributed by atoms with Gasteiger partial charge in [-0.25, -0.2) is 0 Å². The molecule has 0 saturated heterocycles. The van der Waals surface area contributed by atoms with Crippen molar-refractivity contribution < 1.29 is 0 Å². The molecule has 0 unspecified atom stereocenters. The van der Waals surface area contributed by atoms with Gasteiger partial charge in [0.15, 0.2) is 5.65 Å². The van der Waals surface area contributed by atoms with Gasteiger partial charge in [-0.15, -0.1) is 6.58 Å². The Labute approximate surface area is 91.6 Å². The smallest absolute Gasteiger partial charge is 0.226 e. The highest BCUT2D eigenvalue weighted by Gasteiger charge is 2.06. The highest BCUT2D eigenvalue weighted by molar-refractivity contribution is 6.28. The molecular weight excluding hydrogens is 214 g/mol. The molecule has 0 aliphatic rings. The fourth-order valence-corrected chi connectivity index (χ4v) is 1.40. The number of nitrogens with one attached hydrogen (secondary N) is 2. The molecule has 15 heavy (non-hydrogen) atoms. The van der Waals surface area contributed by atoms with Crippen molar-refractivity contribution in [1.29, 1.82) is 0 Å². The van der Waals surface area contributed by atoms with Crippen molar-refractivity contribution >= 4 is 28.5 Å². The number of hydrogen-bond donors (Lipinski definition) is 2. The zero-order chi connectivity index (χ0) is 10.7. The van der Waals surface area contributed by atoms with E-state index in [0.717, 1.165) is 18.4 Å². The minimum atomic E-state index is 0.202. The Bertz CT molecular complexity index is 478. The fraction of sp³-hybridized carbons (Fsp3) is 0.222. The molecular formula is C9H10ClN5. The molecule has 0 aliphatic heterocycles. The van der Waals surface area contributed by atoms with Crippen molar-refractivity contribution in [3.63, 3.8) is 0 Å². The van der Waals surface area contributed by atoms with E-state index in [1.54, 1.807) is 6.20 Å². The summed E-state index contributed by atoms with van der Waals surface area (Å²) in [4.78, 5) is 8.09. The van der Waals surface area contributed by atoms with Crippen LogP contribution in [-0.4, -0.2) is 26.7 Å². The monoisotopic (exact) mass is 223 g/mol. The normalized spacial score (nSPS) is 10.5. The number of fused-ring (bicyclic) bond motifs is 1. The molecule has 2 N–H and O–H groups in total. The maximum Gasteiger partial charge on any atom is 0.226 e. The lowest BCUT2D eigenvalue weighted by Gasteiger charge is -2.04. The third kappa shape index (κ3) is 2.07. The van der Waals surface area contributed by atoms with Crippen molar-refractivity contribution in [2.45, 2.75) is 6.42 Å². The Morgan fingerprint density at radius 2 is 2.40 bits per heavy atom. The summed E-state index contributed by atoms with van der Waals surface area (Å²) in [6.45, 7) is 4.41. The number of H-pyrrole nitrogens is 1. The van der Waals surface area contributed by atoms with Crippen LogP contribution in [0.1, 0.15) is 6.42 Å². The zero-order valence-electron chi connectivity index (χ0n) is 8.00. The predicted molar refractivity (Wildman–Crippen MR) is 60.0 cm³/mol. The molecule has 0 spiro atoms. The van der Waals surface area contributed by atoms with Gasteiger partial charge >= 0.3 is 0 Å². The van der Waals surface area contributed by atoms with Crippen LogP contribution < -0.4 is 5.32 Å². The second-order valence-electron chi connectivity index (χ2n) is 2.98. The van der Waals surface area contributed by atoms with Crippen molar-refractivity contribution in [3.8, 4) is 0 Å². The highest BCUT2D eigenvalue weighted by atomic mass is 35.5. The molecule has 2 aromatic rings. The van der Waals surface area contributed by atoms with E-state index >= 15 is 0 Å². The van der Waals surface area contributed by atoms with Gasteiger partial charge in [0.2, 0.25) is 5.28 Å². The van der Waals surface area contributed by atoms with Gasteiger partial charge in [-0.2, -0.15) is 15.1 Å². The van der Waals surface area contributed by atoms with E-state index in [-0.39, 0.29) is 5.28 Å². The summed E-state index contributed by atoms with van der Waals surface area (Å²) in [5.41, 5.74) is 0.635. The van der Waals surface area contributed by atoms with Gasteiger partial charge in [-0.05, 0) is 18.0 Å². The summed E-state index contributed by atoms with van der Waals surface area (Å²) >= 11 is 5.76. The number of anilines is 1. The van der Waals surface area contributed by atoms with E-state index in [0.29, 0.717) is 11.5 Å². The first-order chi connectivity index (χ1) is 7.31. The maximum atomic E-state index is 5.76. The topological polar surface area (TPSA) is 66.5 Å². The van der Waals surface area contributed by atoms with Crippen LogP contribution in [0.15, 0.2) is 18.9 Å². The number of aromatic nitrogens is 4. The van der Waals surface area contributed by atoms with Crippen molar-refractivity contribution in [2.24, 2.45) is 0 Å². The van der Waals surface area contributed by atoms with Gasteiger partial charge in [-0.1, -0.05) is 6.08 Å². The third-order valence-electron chi connectivity index (χ3n) is 1.92.